The van der Waals surface area contributed by atoms with E-state index in [1.54, 1.807) is 30.3 Å². The molecule has 1 heterocycles. The lowest BCUT2D eigenvalue weighted by molar-refractivity contribution is 0.249. The molecule has 0 aliphatic carbocycles. The van der Waals surface area contributed by atoms with Crippen LogP contribution < -0.4 is 10.6 Å². The normalized spacial score (nSPS) is 11.7. The van der Waals surface area contributed by atoms with Crippen LogP contribution in [0, 0.1) is 17.1 Å². The minimum atomic E-state index is -0.377. The molecule has 2 aromatic carbocycles. The van der Waals surface area contributed by atoms with E-state index in [2.05, 4.69) is 15.6 Å². The highest BCUT2D eigenvalue weighted by Crippen LogP contribution is 2.27. The summed E-state index contributed by atoms with van der Waals surface area (Å²) < 4.78 is 14.0. The number of benzene rings is 2. The second-order valence-electron chi connectivity index (χ2n) is 5.17. The van der Waals surface area contributed by atoms with Crippen molar-refractivity contribution in [3.63, 3.8) is 0 Å². The van der Waals surface area contributed by atoms with Gasteiger partial charge in [-0.2, -0.15) is 5.26 Å². The summed E-state index contributed by atoms with van der Waals surface area (Å²) in [7, 11) is 0. The second kappa shape index (κ2) is 6.64. The highest BCUT2D eigenvalue weighted by Gasteiger charge is 2.14. The molecule has 3 rings (SSSR count). The molecule has 0 aliphatic rings. The smallest absolute Gasteiger partial charge is 0.319 e. The topological polar surface area (TPSA) is 77.8 Å². The van der Waals surface area contributed by atoms with Crippen molar-refractivity contribution in [2.45, 2.75) is 13.0 Å². The van der Waals surface area contributed by atoms with Gasteiger partial charge in [-0.1, -0.05) is 0 Å². The first-order chi connectivity index (χ1) is 11.5. The minimum Gasteiger partial charge on any atom is -0.329 e. The number of hydrogen-bond donors (Lipinski definition) is 2. The number of hydrogen-bond acceptors (Lipinski definition) is 4. The van der Waals surface area contributed by atoms with E-state index >= 15 is 0 Å². The van der Waals surface area contributed by atoms with Gasteiger partial charge in [-0.15, -0.1) is 11.3 Å². The number of thiazole rings is 1. The van der Waals surface area contributed by atoms with Gasteiger partial charge < -0.3 is 10.6 Å². The fraction of sp³-hybridized carbons (Fsp3) is 0.118. The Kier molecular flexibility index (Phi) is 4.40. The maximum atomic E-state index is 13.2. The van der Waals surface area contributed by atoms with Gasteiger partial charge in [0.05, 0.1) is 27.9 Å². The monoisotopic (exact) mass is 340 g/mol. The number of halogens is 1. The van der Waals surface area contributed by atoms with E-state index in [0.29, 0.717) is 21.8 Å². The number of rotatable bonds is 3. The standard InChI is InChI=1S/C17H13FN4OS/c1-10(16-22-14-7-4-12(18)8-15(14)24-16)20-17(23)21-13-5-2-11(9-19)3-6-13/h2-8,10H,1H3,(H2,20,21,23)/t10-/m1/s1. The number of nitrogens with one attached hydrogen (secondary N) is 2. The maximum absolute atomic E-state index is 13.2. The van der Waals surface area contributed by atoms with Gasteiger partial charge in [0.15, 0.2) is 0 Å². The molecular formula is C17H13FN4OS. The first-order valence-electron chi connectivity index (χ1n) is 7.19. The zero-order chi connectivity index (χ0) is 17.1. The van der Waals surface area contributed by atoms with Crippen LogP contribution in [0.2, 0.25) is 0 Å². The van der Waals surface area contributed by atoms with Crippen LogP contribution in [-0.2, 0) is 0 Å². The number of nitriles is 1. The van der Waals surface area contributed by atoms with Gasteiger partial charge in [-0.25, -0.2) is 14.2 Å². The van der Waals surface area contributed by atoms with Crippen LogP contribution in [0.5, 0.6) is 0 Å². The van der Waals surface area contributed by atoms with E-state index in [-0.39, 0.29) is 17.9 Å². The summed E-state index contributed by atoms with van der Waals surface area (Å²) in [6.07, 6.45) is 0. The van der Waals surface area contributed by atoms with E-state index in [0.717, 1.165) is 4.70 Å². The van der Waals surface area contributed by atoms with Gasteiger partial charge in [0.1, 0.15) is 10.8 Å². The SMILES string of the molecule is C[C@@H](NC(=O)Nc1ccc(C#N)cc1)c1nc2ccc(F)cc2s1. The molecule has 1 atom stereocenters. The number of amides is 2. The van der Waals surface area contributed by atoms with Gasteiger partial charge in [0.2, 0.25) is 0 Å². The molecule has 0 saturated heterocycles. The molecule has 0 unspecified atom stereocenters. The molecule has 1 aromatic heterocycles. The van der Waals surface area contributed by atoms with Crippen LogP contribution >= 0.6 is 11.3 Å². The second-order valence-corrected chi connectivity index (χ2v) is 6.24. The molecule has 2 N–H and O–H groups in total. The third-order valence-electron chi connectivity index (χ3n) is 3.36. The summed E-state index contributed by atoms with van der Waals surface area (Å²) in [5, 5.41) is 14.9. The Morgan fingerprint density at radius 1 is 1.29 bits per heavy atom. The molecule has 2 amide bonds. The van der Waals surface area contributed by atoms with Crippen molar-refractivity contribution in [2.75, 3.05) is 5.32 Å². The highest BCUT2D eigenvalue weighted by molar-refractivity contribution is 7.18. The van der Waals surface area contributed by atoms with Gasteiger partial charge in [-0.3, -0.25) is 0 Å². The maximum Gasteiger partial charge on any atom is 0.319 e. The zero-order valence-corrected chi connectivity index (χ0v) is 13.5. The highest BCUT2D eigenvalue weighted by atomic mass is 32.1. The lowest BCUT2D eigenvalue weighted by Crippen LogP contribution is -2.31. The molecule has 120 valence electrons. The predicted octanol–water partition coefficient (Wildman–Crippen LogP) is 4.19. The van der Waals surface area contributed by atoms with Crippen LogP contribution in [-0.4, -0.2) is 11.0 Å². The van der Waals surface area contributed by atoms with E-state index in [1.807, 2.05) is 13.0 Å². The summed E-state index contributed by atoms with van der Waals surface area (Å²) in [6, 6.07) is 12.3. The molecule has 7 heteroatoms. The van der Waals surface area contributed by atoms with Gasteiger partial charge in [0.25, 0.3) is 0 Å². The number of anilines is 1. The third-order valence-corrected chi connectivity index (χ3v) is 4.56. The predicted molar refractivity (Wildman–Crippen MR) is 91.3 cm³/mol. The largest absolute Gasteiger partial charge is 0.329 e. The molecule has 0 spiro atoms. The van der Waals surface area contributed by atoms with E-state index < -0.39 is 0 Å². The molecule has 0 radical (unpaired) electrons. The van der Waals surface area contributed by atoms with Crippen LogP contribution in [0.4, 0.5) is 14.9 Å². The Balaban J connectivity index is 1.67. The zero-order valence-electron chi connectivity index (χ0n) is 12.7. The summed E-state index contributed by atoms with van der Waals surface area (Å²) in [6.45, 7) is 1.81. The quantitative estimate of drug-likeness (QED) is 0.750. The van der Waals surface area contributed by atoms with Crippen LogP contribution in [0.3, 0.4) is 0 Å². The molecule has 0 bridgehead atoms. The lowest BCUT2D eigenvalue weighted by Gasteiger charge is -2.12. The Hall–Kier alpha value is -2.98. The Bertz CT molecular complexity index is 930. The van der Waals surface area contributed by atoms with E-state index in [4.69, 9.17) is 5.26 Å². The number of nitrogens with zero attached hydrogens (tertiary/aromatic N) is 2. The molecule has 5 nitrogen and oxygen atoms in total. The van der Waals surface area contributed by atoms with Crippen molar-refractivity contribution in [1.82, 2.24) is 10.3 Å². The van der Waals surface area contributed by atoms with Crippen LogP contribution in [0.1, 0.15) is 23.5 Å². The van der Waals surface area contributed by atoms with E-state index in [1.165, 1.54) is 23.5 Å². The Morgan fingerprint density at radius 2 is 2.04 bits per heavy atom. The third kappa shape index (κ3) is 3.50. The number of aromatic nitrogens is 1. The molecule has 0 saturated carbocycles. The first kappa shape index (κ1) is 15.9. The van der Waals surface area contributed by atoms with Crippen molar-refractivity contribution in [1.29, 1.82) is 5.26 Å². The summed E-state index contributed by atoms with van der Waals surface area (Å²) in [4.78, 5) is 16.5. The number of carbonyl (C=O) groups excluding carboxylic acids is 1. The lowest BCUT2D eigenvalue weighted by atomic mass is 10.2. The van der Waals surface area contributed by atoms with Crippen molar-refractivity contribution in [2.24, 2.45) is 0 Å². The van der Waals surface area contributed by atoms with Crippen molar-refractivity contribution < 1.29 is 9.18 Å². The van der Waals surface area contributed by atoms with Gasteiger partial charge >= 0.3 is 6.03 Å². The first-order valence-corrected chi connectivity index (χ1v) is 8.00. The van der Waals surface area contributed by atoms with Crippen molar-refractivity contribution >= 4 is 33.3 Å². The van der Waals surface area contributed by atoms with Crippen molar-refractivity contribution in [3.05, 3.63) is 58.9 Å². The summed E-state index contributed by atoms with van der Waals surface area (Å²) in [5.41, 5.74) is 1.82. The Morgan fingerprint density at radius 3 is 2.75 bits per heavy atom. The number of carbonyl (C=O) groups is 1. The van der Waals surface area contributed by atoms with Crippen LogP contribution in [0.25, 0.3) is 10.2 Å². The molecular weight excluding hydrogens is 327 g/mol. The molecule has 3 aromatic rings. The fourth-order valence-corrected chi connectivity index (χ4v) is 3.15. The van der Waals surface area contributed by atoms with Crippen molar-refractivity contribution in [3.8, 4) is 6.07 Å². The number of urea groups is 1. The van der Waals surface area contributed by atoms with Gasteiger partial charge in [-0.05, 0) is 49.4 Å². The fourth-order valence-electron chi connectivity index (χ4n) is 2.16. The Labute approximate surface area is 141 Å². The van der Waals surface area contributed by atoms with Gasteiger partial charge in [0, 0.05) is 5.69 Å². The molecule has 0 fully saturated rings. The average Bonchev–Trinajstić information content (AvgIpc) is 2.98. The number of fused-ring (bicyclic) bond motifs is 1. The molecule has 24 heavy (non-hydrogen) atoms. The molecule has 0 aliphatic heterocycles. The summed E-state index contributed by atoms with van der Waals surface area (Å²) in [5.74, 6) is -0.308. The summed E-state index contributed by atoms with van der Waals surface area (Å²) >= 11 is 1.34. The average molecular weight is 340 g/mol. The minimum absolute atomic E-state index is 0.308. The van der Waals surface area contributed by atoms with Crippen LogP contribution in [0.15, 0.2) is 42.5 Å². The van der Waals surface area contributed by atoms with E-state index in [9.17, 15) is 9.18 Å².